The molecular formula is C79H100FN8O8P+2. The minimum Gasteiger partial charge on any atom is -0.455 e. The van der Waals surface area contributed by atoms with Crippen LogP contribution in [-0.4, -0.2) is 105 Å². The van der Waals surface area contributed by atoms with E-state index in [1.165, 1.54) is 79.3 Å². The first-order valence-corrected chi connectivity index (χ1v) is 37.3. The lowest BCUT2D eigenvalue weighted by molar-refractivity contribution is -0.438. The molecule has 0 radical (unpaired) electrons. The number of para-hydroxylation sites is 2. The van der Waals surface area contributed by atoms with Gasteiger partial charge in [-0.1, -0.05) is 92.9 Å². The molecule has 0 spiro atoms. The zero-order valence-electron chi connectivity index (χ0n) is 58.1. The molecule has 0 saturated heterocycles. The predicted molar refractivity (Wildman–Crippen MR) is 384 cm³/mol. The average Bonchev–Trinajstić information content (AvgIpc) is 1.65. The van der Waals surface area contributed by atoms with E-state index in [4.69, 9.17) is 9.26 Å². The fourth-order valence-electron chi connectivity index (χ4n) is 16.2. The first kappa shape index (κ1) is 69.1. The average molecular weight is 1340 g/mol. The van der Waals surface area contributed by atoms with E-state index >= 15 is 4.39 Å². The maximum absolute atomic E-state index is 15.6. The summed E-state index contributed by atoms with van der Waals surface area (Å²) in [6.45, 7) is 17.4. The van der Waals surface area contributed by atoms with Crippen molar-refractivity contribution in [3.05, 3.63) is 176 Å². The maximum Gasteiger partial charge on any atom is 0.527 e. The zero-order chi connectivity index (χ0) is 68.0. The van der Waals surface area contributed by atoms with E-state index in [-0.39, 0.29) is 40.5 Å². The molecule has 7 heterocycles. The predicted octanol–water partition coefficient (Wildman–Crippen LogP) is 12.3. The van der Waals surface area contributed by atoms with Crippen LogP contribution in [0.4, 0.5) is 21.5 Å². The highest BCUT2D eigenvalue weighted by molar-refractivity contribution is 7.47. The number of likely N-dealkylation sites (N-methyl/N-ethyl adjacent to an activating group) is 1. The highest BCUT2D eigenvalue weighted by Gasteiger charge is 2.44. The molecule has 12 rings (SSSR count). The van der Waals surface area contributed by atoms with Gasteiger partial charge in [0.15, 0.2) is 5.71 Å². The smallest absolute Gasteiger partial charge is 0.455 e. The fraction of sp³-hybridized carbons (Fsp3) is 0.481. The molecule has 0 bridgehead atoms. The second kappa shape index (κ2) is 30.1. The quantitative estimate of drug-likeness (QED) is 0.0133. The van der Waals surface area contributed by atoms with Gasteiger partial charge in [-0.05, 0) is 152 Å². The van der Waals surface area contributed by atoms with Gasteiger partial charge in [-0.25, -0.2) is 13.5 Å². The van der Waals surface area contributed by atoms with Crippen LogP contribution >= 0.6 is 7.82 Å². The van der Waals surface area contributed by atoms with Crippen LogP contribution in [0.15, 0.2) is 115 Å². The molecule has 3 atom stereocenters. The maximum atomic E-state index is 15.6. The number of amides is 3. The number of phosphoric ester groups is 1. The van der Waals surface area contributed by atoms with Crippen molar-refractivity contribution in [3.8, 4) is 17.2 Å². The lowest BCUT2D eigenvalue weighted by atomic mass is 9.81. The number of benzene rings is 5. The van der Waals surface area contributed by atoms with Crippen molar-refractivity contribution in [2.45, 2.75) is 180 Å². The van der Waals surface area contributed by atoms with Gasteiger partial charge in [0.05, 0.1) is 16.7 Å². The molecule has 5 aromatic rings. The SMILES string of the molecule is COP(=O)(O)Oc1ccc(C)cc1C(F)C(=O)NCCCCCCNC(=O)C(CCCCNC1=c2cc3c4c(c2Oc2c1cc1c5c2CCCN5CCC1)CCC[N+]=4CCC3)NC(=O)CCCCC[N+]1=C(/C=C/C=C/C=C2/N(C)c3ccccc3C2(C)C)C(C)(C)c2ccccc21. The van der Waals surface area contributed by atoms with Crippen LogP contribution in [0, 0.1) is 6.92 Å². The molecule has 5 aromatic carbocycles. The standard InChI is InChI=1S/C79H98FN8O8P/c1-53-40-41-66(96-97(92,93)94-7)58(50-53)70(80)77(91)83-44-21-9-8-20-43-82-76(90)63(34-19-22-42-81-71-59-51-54-28-24-45-86-47-26-30-56(72(54)86)74(59)95-75-57-31-27-48-87-46-25-29-55(73(57)87)52-60(71)75)84-69(89)39-14-11-23-49-88-65-36-18-16-33-62(65)79(4,5)68(88)38-13-10-12-37-67-78(2,3)61-32-15-17-35-64(61)85(67)6/h10,12-13,15-18,32-33,35-38,40-41,50-52,63,70H,8-9,11,14,19-31,34,39,42-49H2,1-7H3,(H3-,82,83,84,89,90,91,92,93)/p+2. The van der Waals surface area contributed by atoms with Gasteiger partial charge in [0.1, 0.15) is 42.9 Å². The number of carbonyl (C=O) groups is 3. The summed E-state index contributed by atoms with van der Waals surface area (Å²) in [5.74, 6) is 0.577. The van der Waals surface area contributed by atoms with Gasteiger partial charge in [0.25, 0.3) is 5.91 Å². The van der Waals surface area contributed by atoms with Crippen molar-refractivity contribution in [1.82, 2.24) is 25.8 Å². The Morgan fingerprint density at radius 1 is 0.753 bits per heavy atom. The van der Waals surface area contributed by atoms with Crippen molar-refractivity contribution >= 4 is 54.0 Å². The third-order valence-corrected chi connectivity index (χ3v) is 22.0. The van der Waals surface area contributed by atoms with E-state index in [1.54, 1.807) is 13.0 Å². The summed E-state index contributed by atoms with van der Waals surface area (Å²) in [5.41, 5.74) is 17.0. The summed E-state index contributed by atoms with van der Waals surface area (Å²) in [6.07, 6.45) is 24.9. The van der Waals surface area contributed by atoms with Crippen molar-refractivity contribution in [2.24, 2.45) is 0 Å². The number of fused-ring (bicyclic) bond motifs is 6. The molecule has 5 N–H and O–H groups in total. The number of alkyl halides is 1. The molecule has 0 aromatic heterocycles. The van der Waals surface area contributed by atoms with Gasteiger partial charge in [0.2, 0.25) is 29.0 Å². The normalized spacial score (nSPS) is 18.5. The summed E-state index contributed by atoms with van der Waals surface area (Å²) >= 11 is 0. The van der Waals surface area contributed by atoms with E-state index in [0.29, 0.717) is 63.6 Å². The molecule has 0 aliphatic carbocycles. The Labute approximate surface area is 572 Å². The van der Waals surface area contributed by atoms with Crippen molar-refractivity contribution < 1.29 is 46.6 Å². The molecule has 16 nitrogen and oxygen atoms in total. The van der Waals surface area contributed by atoms with Gasteiger partial charge < -0.3 is 40.3 Å². The number of phosphoric acid groups is 1. The molecule has 514 valence electrons. The summed E-state index contributed by atoms with van der Waals surface area (Å²) in [7, 11) is -1.35. The van der Waals surface area contributed by atoms with E-state index in [1.807, 2.05) is 0 Å². The molecule has 0 fully saturated rings. The van der Waals surface area contributed by atoms with Crippen LogP contribution < -0.4 is 55.5 Å². The number of hydrogen-bond acceptors (Lipinski definition) is 10. The number of nitrogens with zero attached hydrogens (tertiary/aromatic N) is 4. The number of rotatable bonds is 29. The van der Waals surface area contributed by atoms with E-state index in [9.17, 15) is 23.8 Å². The van der Waals surface area contributed by atoms with Crippen LogP contribution in [0.2, 0.25) is 0 Å². The molecule has 7 aliphatic rings. The van der Waals surface area contributed by atoms with E-state index < -0.39 is 25.9 Å². The van der Waals surface area contributed by atoms with Crippen LogP contribution in [-0.2, 0) is 60.0 Å². The number of hydrogen-bond donors (Lipinski definition) is 5. The molecule has 0 saturated carbocycles. The largest absolute Gasteiger partial charge is 0.527 e. The molecule has 97 heavy (non-hydrogen) atoms. The van der Waals surface area contributed by atoms with Crippen LogP contribution in [0.25, 0.3) is 5.70 Å². The highest BCUT2D eigenvalue weighted by atomic mass is 31.2. The zero-order valence-corrected chi connectivity index (χ0v) is 59.0. The Kier molecular flexibility index (Phi) is 21.4. The molecule has 7 aliphatic heterocycles. The summed E-state index contributed by atoms with van der Waals surface area (Å²) in [4.78, 5) is 56.0. The van der Waals surface area contributed by atoms with Crippen molar-refractivity contribution in [1.29, 1.82) is 0 Å². The van der Waals surface area contributed by atoms with Crippen LogP contribution in [0.5, 0.6) is 17.2 Å². The monoisotopic (exact) mass is 1340 g/mol. The topological polar surface area (TPSA) is 177 Å². The van der Waals surface area contributed by atoms with E-state index in [0.717, 1.165) is 145 Å². The van der Waals surface area contributed by atoms with Gasteiger partial charge in [-0.15, -0.1) is 0 Å². The third kappa shape index (κ3) is 14.8. The minimum absolute atomic E-state index is 0.0979. The number of ether oxygens (including phenoxy) is 1. The number of nitrogens with one attached hydrogen (secondary N) is 4. The Balaban J connectivity index is 0.682. The minimum atomic E-state index is -4.50. The molecular weight excluding hydrogens is 1240 g/mol. The molecule has 18 heteroatoms. The summed E-state index contributed by atoms with van der Waals surface area (Å²) in [5, 5.41) is 15.5. The van der Waals surface area contributed by atoms with Crippen molar-refractivity contribution in [3.63, 3.8) is 0 Å². The Morgan fingerprint density at radius 2 is 1.45 bits per heavy atom. The summed E-state index contributed by atoms with van der Waals surface area (Å²) in [6, 6.07) is 25.8. The summed E-state index contributed by atoms with van der Waals surface area (Å²) < 4.78 is 49.5. The second-order valence-corrected chi connectivity index (χ2v) is 30.0. The number of anilines is 2. The second-order valence-electron chi connectivity index (χ2n) is 28.5. The van der Waals surface area contributed by atoms with Gasteiger partial charge in [-0.2, -0.15) is 4.58 Å². The van der Waals surface area contributed by atoms with Gasteiger partial charge >= 0.3 is 7.82 Å². The number of unbranched alkanes of at least 4 members (excludes halogenated alkanes) is 6. The van der Waals surface area contributed by atoms with E-state index in [2.05, 4.69) is 171 Å². The number of aryl methyl sites for hydroxylation is 3. The molecule has 3 unspecified atom stereocenters. The lowest BCUT2D eigenvalue weighted by Crippen LogP contribution is -2.47. The Morgan fingerprint density at radius 3 is 2.24 bits per heavy atom. The first-order valence-electron chi connectivity index (χ1n) is 35.8. The number of allylic oxidation sites excluding steroid dienone is 6. The van der Waals surface area contributed by atoms with Gasteiger partial charge in [0, 0.05) is 140 Å². The third-order valence-electron chi connectivity index (χ3n) is 21.1. The fourth-order valence-corrected chi connectivity index (χ4v) is 16.7. The number of halogens is 1. The van der Waals surface area contributed by atoms with Crippen LogP contribution in [0.3, 0.4) is 0 Å². The van der Waals surface area contributed by atoms with Crippen molar-refractivity contribution in [2.75, 3.05) is 76.3 Å². The number of carbonyl (C=O) groups excluding carboxylic acids is 3. The van der Waals surface area contributed by atoms with Crippen LogP contribution in [0.1, 0.15) is 180 Å². The van der Waals surface area contributed by atoms with Gasteiger partial charge in [-0.3, -0.25) is 23.8 Å². The first-order chi connectivity index (χ1) is 46.8. The Hall–Kier alpha value is -7.85. The highest BCUT2D eigenvalue weighted by Crippen LogP contribution is 2.50. The molecule has 3 amide bonds. The Bertz CT molecular complexity index is 4150. The lowest BCUT2D eigenvalue weighted by Gasteiger charge is -2.39.